The Morgan fingerprint density at radius 3 is 2.53 bits per heavy atom. The van der Waals surface area contributed by atoms with E-state index in [1.165, 1.54) is 61.7 Å². The first-order chi connectivity index (χ1) is 9.31. The molecule has 1 aromatic heterocycles. The molecule has 5 heteroatoms. The molecule has 0 aromatic carbocycles. The fourth-order valence-corrected chi connectivity index (χ4v) is 5.22. The lowest BCUT2D eigenvalue weighted by Gasteiger charge is -2.40. The summed E-state index contributed by atoms with van der Waals surface area (Å²) in [4.78, 5) is 0. The van der Waals surface area contributed by atoms with Gasteiger partial charge in [0.15, 0.2) is 5.16 Å². The SMILES string of the molecule is BrCC1(CSc2nnc(C3CC3)n2C2CC2)CCC1. The summed E-state index contributed by atoms with van der Waals surface area (Å²) >= 11 is 5.65. The van der Waals surface area contributed by atoms with Crippen molar-refractivity contribution < 1.29 is 0 Å². The largest absolute Gasteiger partial charge is 0.303 e. The highest BCUT2D eigenvalue weighted by Crippen LogP contribution is 2.49. The third kappa shape index (κ3) is 2.37. The van der Waals surface area contributed by atoms with Gasteiger partial charge < -0.3 is 4.57 Å². The zero-order valence-corrected chi connectivity index (χ0v) is 13.5. The number of thioether (sulfide) groups is 1. The molecule has 0 radical (unpaired) electrons. The van der Waals surface area contributed by atoms with Crippen LogP contribution in [0, 0.1) is 5.41 Å². The number of rotatable bonds is 6. The van der Waals surface area contributed by atoms with Crippen LogP contribution >= 0.6 is 27.7 Å². The smallest absolute Gasteiger partial charge is 0.191 e. The van der Waals surface area contributed by atoms with Crippen LogP contribution in [0.1, 0.15) is 62.7 Å². The van der Waals surface area contributed by atoms with Crippen LogP contribution in [0.3, 0.4) is 0 Å². The molecular weight excluding hydrogens is 322 g/mol. The summed E-state index contributed by atoms with van der Waals surface area (Å²) in [5.41, 5.74) is 0.532. The molecule has 3 nitrogen and oxygen atoms in total. The molecule has 104 valence electrons. The standard InChI is InChI=1S/C14H20BrN3S/c15-8-14(6-1-7-14)9-19-13-17-16-12(10-2-3-10)18(13)11-4-5-11/h10-11H,1-9H2. The van der Waals surface area contributed by atoms with Crippen LogP contribution in [0.2, 0.25) is 0 Å². The monoisotopic (exact) mass is 341 g/mol. The Balaban J connectivity index is 1.51. The number of nitrogens with zero attached hydrogens (tertiary/aromatic N) is 3. The predicted octanol–water partition coefficient (Wildman–Crippen LogP) is 4.15. The summed E-state index contributed by atoms with van der Waals surface area (Å²) in [6.07, 6.45) is 9.44. The highest BCUT2D eigenvalue weighted by Gasteiger charge is 2.39. The predicted molar refractivity (Wildman–Crippen MR) is 81.1 cm³/mol. The summed E-state index contributed by atoms with van der Waals surface area (Å²) in [6.45, 7) is 0. The van der Waals surface area contributed by atoms with E-state index in [0.717, 1.165) is 17.3 Å². The molecule has 1 aromatic rings. The molecule has 3 aliphatic rings. The number of hydrogen-bond acceptors (Lipinski definition) is 3. The van der Waals surface area contributed by atoms with Crippen LogP contribution in [0.15, 0.2) is 5.16 Å². The van der Waals surface area contributed by atoms with Gasteiger partial charge in [-0.2, -0.15) is 0 Å². The summed E-state index contributed by atoms with van der Waals surface area (Å²) in [5, 5.41) is 11.3. The van der Waals surface area contributed by atoms with E-state index < -0.39 is 0 Å². The van der Waals surface area contributed by atoms with Crippen molar-refractivity contribution in [1.29, 1.82) is 0 Å². The second kappa shape index (κ2) is 4.76. The quantitative estimate of drug-likeness (QED) is 0.575. The molecule has 4 rings (SSSR count). The second-order valence-corrected chi connectivity index (χ2v) is 8.00. The van der Waals surface area contributed by atoms with Gasteiger partial charge >= 0.3 is 0 Å². The Morgan fingerprint density at radius 1 is 1.21 bits per heavy atom. The zero-order valence-electron chi connectivity index (χ0n) is 11.1. The molecule has 3 saturated carbocycles. The van der Waals surface area contributed by atoms with Gasteiger partial charge in [-0.25, -0.2) is 0 Å². The third-order valence-corrected chi connectivity index (χ3v) is 7.23. The fraction of sp³-hybridized carbons (Fsp3) is 0.857. The minimum Gasteiger partial charge on any atom is -0.303 e. The van der Waals surface area contributed by atoms with Gasteiger partial charge in [0.1, 0.15) is 5.82 Å². The Hall–Kier alpha value is -0.0300. The number of hydrogen-bond donors (Lipinski definition) is 0. The summed E-state index contributed by atoms with van der Waals surface area (Å²) in [7, 11) is 0. The minimum atomic E-state index is 0.532. The first kappa shape index (κ1) is 12.7. The number of alkyl halides is 1. The van der Waals surface area contributed by atoms with Crippen LogP contribution in [-0.4, -0.2) is 25.8 Å². The molecule has 0 unspecified atom stereocenters. The van der Waals surface area contributed by atoms with Gasteiger partial charge in [-0.1, -0.05) is 34.1 Å². The van der Waals surface area contributed by atoms with Crippen molar-refractivity contribution in [2.45, 2.75) is 62.1 Å². The zero-order chi connectivity index (χ0) is 12.9. The molecule has 0 saturated heterocycles. The molecule has 3 fully saturated rings. The van der Waals surface area contributed by atoms with Crippen molar-refractivity contribution in [3.05, 3.63) is 5.82 Å². The van der Waals surface area contributed by atoms with E-state index >= 15 is 0 Å². The Bertz CT molecular complexity index is 470. The second-order valence-electron chi connectivity index (χ2n) is 6.49. The normalized spacial score (nSPS) is 25.3. The van der Waals surface area contributed by atoms with Gasteiger partial charge in [-0.15, -0.1) is 10.2 Å². The lowest BCUT2D eigenvalue weighted by molar-refractivity contribution is 0.206. The van der Waals surface area contributed by atoms with E-state index in [-0.39, 0.29) is 0 Å². The van der Waals surface area contributed by atoms with E-state index in [2.05, 4.69) is 30.7 Å². The van der Waals surface area contributed by atoms with Crippen molar-refractivity contribution in [1.82, 2.24) is 14.8 Å². The average Bonchev–Trinajstić information content (AvgIpc) is 3.28. The van der Waals surface area contributed by atoms with Gasteiger partial charge in [-0.05, 0) is 43.9 Å². The van der Waals surface area contributed by atoms with Crippen molar-refractivity contribution >= 4 is 27.7 Å². The third-order valence-electron chi connectivity index (χ3n) is 4.75. The number of aromatic nitrogens is 3. The Morgan fingerprint density at radius 2 is 2.00 bits per heavy atom. The van der Waals surface area contributed by atoms with Gasteiger partial charge in [0.25, 0.3) is 0 Å². The lowest BCUT2D eigenvalue weighted by atomic mass is 9.72. The fourth-order valence-electron chi connectivity index (χ4n) is 2.89. The van der Waals surface area contributed by atoms with Crippen molar-refractivity contribution in [2.24, 2.45) is 5.41 Å². The maximum absolute atomic E-state index is 4.50. The molecule has 0 bridgehead atoms. The molecule has 0 spiro atoms. The van der Waals surface area contributed by atoms with Gasteiger partial charge in [0.2, 0.25) is 0 Å². The van der Waals surface area contributed by atoms with Crippen LogP contribution in [-0.2, 0) is 0 Å². The van der Waals surface area contributed by atoms with Crippen molar-refractivity contribution in [3.8, 4) is 0 Å². The lowest BCUT2D eigenvalue weighted by Crippen LogP contribution is -2.33. The highest BCUT2D eigenvalue weighted by atomic mass is 79.9. The molecular formula is C14H20BrN3S. The molecule has 3 aliphatic carbocycles. The molecule has 0 amide bonds. The summed E-state index contributed by atoms with van der Waals surface area (Å²) in [6, 6.07) is 0.717. The Labute approximate surface area is 127 Å². The van der Waals surface area contributed by atoms with Crippen LogP contribution in [0.5, 0.6) is 0 Å². The van der Waals surface area contributed by atoms with E-state index in [0.29, 0.717) is 5.41 Å². The first-order valence-electron chi connectivity index (χ1n) is 7.45. The van der Waals surface area contributed by atoms with Crippen molar-refractivity contribution in [3.63, 3.8) is 0 Å². The highest BCUT2D eigenvalue weighted by molar-refractivity contribution is 9.09. The minimum absolute atomic E-state index is 0.532. The molecule has 0 N–H and O–H groups in total. The maximum atomic E-state index is 4.50. The Kier molecular flexibility index (Phi) is 3.18. The van der Waals surface area contributed by atoms with Crippen LogP contribution in [0.25, 0.3) is 0 Å². The maximum Gasteiger partial charge on any atom is 0.191 e. The van der Waals surface area contributed by atoms with E-state index in [1.807, 2.05) is 11.8 Å². The van der Waals surface area contributed by atoms with E-state index in [1.54, 1.807) is 0 Å². The van der Waals surface area contributed by atoms with Gasteiger partial charge in [0, 0.05) is 23.0 Å². The first-order valence-corrected chi connectivity index (χ1v) is 9.56. The number of halogens is 1. The average molecular weight is 342 g/mol. The van der Waals surface area contributed by atoms with Gasteiger partial charge in [0.05, 0.1) is 0 Å². The molecule has 0 atom stereocenters. The topological polar surface area (TPSA) is 30.7 Å². The van der Waals surface area contributed by atoms with Crippen LogP contribution in [0.4, 0.5) is 0 Å². The van der Waals surface area contributed by atoms with Crippen molar-refractivity contribution in [2.75, 3.05) is 11.1 Å². The summed E-state index contributed by atoms with van der Waals surface area (Å²) < 4.78 is 2.48. The van der Waals surface area contributed by atoms with E-state index in [4.69, 9.17) is 0 Å². The van der Waals surface area contributed by atoms with Gasteiger partial charge in [-0.3, -0.25) is 0 Å². The van der Waals surface area contributed by atoms with Crippen LogP contribution < -0.4 is 0 Å². The molecule has 1 heterocycles. The van der Waals surface area contributed by atoms with E-state index in [9.17, 15) is 0 Å². The molecule has 0 aliphatic heterocycles. The molecule has 19 heavy (non-hydrogen) atoms. The summed E-state index contributed by atoms with van der Waals surface area (Å²) in [5.74, 6) is 3.20.